The second-order valence-electron chi connectivity index (χ2n) is 4.30. The third-order valence-electron chi connectivity index (χ3n) is 2.84. The highest BCUT2D eigenvalue weighted by atomic mass is 32.2. The van der Waals surface area contributed by atoms with Gasteiger partial charge in [0.2, 0.25) is 10.0 Å². The fraction of sp³-hybridized carbons (Fsp3) is 0.167. The van der Waals surface area contributed by atoms with E-state index in [4.69, 9.17) is 18.0 Å². The van der Waals surface area contributed by atoms with Gasteiger partial charge >= 0.3 is 0 Å². The van der Waals surface area contributed by atoms with E-state index in [-0.39, 0.29) is 22.0 Å². The van der Waals surface area contributed by atoms with Crippen molar-refractivity contribution >= 4 is 27.2 Å². The third kappa shape index (κ3) is 3.26. The lowest BCUT2D eigenvalue weighted by molar-refractivity contribution is 0.458. The van der Waals surface area contributed by atoms with Crippen LogP contribution < -0.4 is 5.73 Å². The zero-order valence-electron chi connectivity index (χ0n) is 11.1. The molecule has 1 heterocycles. The zero-order valence-corrected chi connectivity index (χ0v) is 12.7. The number of nitrogens with one attached hydrogen (secondary N) is 1. The molecule has 2 aromatic rings. The number of hydrogen-bond acceptors (Lipinski definition) is 4. The van der Waals surface area contributed by atoms with E-state index >= 15 is 0 Å². The Morgan fingerprint density at radius 2 is 2.24 bits per heavy atom. The number of H-pyrrole nitrogens is 1. The minimum absolute atomic E-state index is 0.0646. The molecule has 2 rings (SSSR count). The first-order valence-corrected chi connectivity index (χ1v) is 7.71. The Balaban J connectivity index is 2.35. The Kier molecular flexibility index (Phi) is 4.35. The monoisotopic (exact) mass is 328 g/mol. The molecule has 0 bridgehead atoms. The molecule has 6 nitrogen and oxygen atoms in total. The number of rotatable bonds is 5. The number of aromatic nitrogens is 2. The van der Waals surface area contributed by atoms with Crippen molar-refractivity contribution in [3.63, 3.8) is 0 Å². The van der Waals surface area contributed by atoms with Crippen molar-refractivity contribution in [3.05, 3.63) is 47.8 Å². The molecule has 0 atom stereocenters. The summed E-state index contributed by atoms with van der Waals surface area (Å²) in [6, 6.07) is 3.33. The zero-order chi connectivity index (χ0) is 15.6. The summed E-state index contributed by atoms with van der Waals surface area (Å²) < 4.78 is 39.5. The van der Waals surface area contributed by atoms with E-state index in [1.54, 1.807) is 6.20 Å². The fourth-order valence-electron chi connectivity index (χ4n) is 1.71. The topological polar surface area (TPSA) is 92.1 Å². The van der Waals surface area contributed by atoms with Gasteiger partial charge in [-0.2, -0.15) is 4.31 Å². The maximum atomic E-state index is 13.5. The molecule has 0 saturated carbocycles. The Hall–Kier alpha value is -1.84. The fourth-order valence-corrected chi connectivity index (χ4v) is 3.03. The van der Waals surface area contributed by atoms with Crippen LogP contribution in [0.4, 0.5) is 4.39 Å². The number of thiocarbonyl (C=S) groups is 1. The van der Waals surface area contributed by atoms with E-state index in [0.29, 0.717) is 5.82 Å². The SMILES string of the molecule is CN(Cc1ncc[nH]1)S(=O)(=O)c1ccc(F)c(C(N)=S)c1. The Labute approximate surface area is 126 Å². The summed E-state index contributed by atoms with van der Waals surface area (Å²) in [4.78, 5) is 6.49. The van der Waals surface area contributed by atoms with Gasteiger partial charge in [-0.15, -0.1) is 0 Å². The first-order valence-electron chi connectivity index (χ1n) is 5.86. The minimum atomic E-state index is -3.80. The molecule has 0 spiro atoms. The van der Waals surface area contributed by atoms with Crippen LogP contribution in [-0.4, -0.2) is 34.7 Å². The third-order valence-corrected chi connectivity index (χ3v) is 4.86. The number of nitrogens with zero attached hydrogens (tertiary/aromatic N) is 2. The molecule has 0 unspecified atom stereocenters. The van der Waals surface area contributed by atoms with E-state index in [1.165, 1.54) is 19.3 Å². The largest absolute Gasteiger partial charge is 0.389 e. The molecule has 112 valence electrons. The highest BCUT2D eigenvalue weighted by Crippen LogP contribution is 2.19. The quantitative estimate of drug-likeness (QED) is 0.799. The predicted molar refractivity (Wildman–Crippen MR) is 79.5 cm³/mol. The van der Waals surface area contributed by atoms with E-state index in [1.807, 2.05) is 0 Å². The summed E-state index contributed by atoms with van der Waals surface area (Å²) in [5.74, 6) is -0.159. The van der Waals surface area contributed by atoms with Gasteiger partial charge in [-0.1, -0.05) is 12.2 Å². The van der Waals surface area contributed by atoms with Gasteiger partial charge in [0.15, 0.2) is 0 Å². The summed E-state index contributed by atoms with van der Waals surface area (Å²) in [5.41, 5.74) is 5.28. The number of halogens is 1. The smallest absolute Gasteiger partial charge is 0.243 e. The van der Waals surface area contributed by atoms with Gasteiger partial charge in [0.1, 0.15) is 16.6 Å². The van der Waals surface area contributed by atoms with Gasteiger partial charge in [-0.05, 0) is 18.2 Å². The highest BCUT2D eigenvalue weighted by molar-refractivity contribution is 7.89. The lowest BCUT2D eigenvalue weighted by Gasteiger charge is -2.16. The summed E-state index contributed by atoms with van der Waals surface area (Å²) in [6.07, 6.45) is 3.12. The van der Waals surface area contributed by atoms with Crippen molar-refractivity contribution in [1.82, 2.24) is 14.3 Å². The Morgan fingerprint density at radius 1 is 1.52 bits per heavy atom. The van der Waals surface area contributed by atoms with Crippen LogP contribution in [0.5, 0.6) is 0 Å². The molecular formula is C12H13FN4O2S2. The van der Waals surface area contributed by atoms with Crippen molar-refractivity contribution in [3.8, 4) is 0 Å². The van der Waals surface area contributed by atoms with E-state index in [9.17, 15) is 12.8 Å². The molecule has 0 saturated heterocycles. The maximum Gasteiger partial charge on any atom is 0.243 e. The number of hydrogen-bond donors (Lipinski definition) is 2. The van der Waals surface area contributed by atoms with Crippen LogP contribution in [0.2, 0.25) is 0 Å². The van der Waals surface area contributed by atoms with Crippen LogP contribution in [0, 0.1) is 5.82 Å². The first kappa shape index (κ1) is 15.5. The maximum absolute atomic E-state index is 13.5. The molecule has 1 aromatic heterocycles. The van der Waals surface area contributed by atoms with Crippen molar-refractivity contribution in [2.45, 2.75) is 11.4 Å². The summed E-state index contributed by atoms with van der Waals surface area (Å²) >= 11 is 4.71. The summed E-state index contributed by atoms with van der Waals surface area (Å²) in [6.45, 7) is 0.0646. The van der Waals surface area contributed by atoms with Crippen molar-refractivity contribution in [1.29, 1.82) is 0 Å². The molecule has 0 radical (unpaired) electrons. The number of nitrogens with two attached hydrogens (primary N) is 1. The van der Waals surface area contributed by atoms with Crippen LogP contribution in [-0.2, 0) is 16.6 Å². The minimum Gasteiger partial charge on any atom is -0.389 e. The number of imidazole rings is 1. The summed E-state index contributed by atoms with van der Waals surface area (Å²) in [5, 5.41) is 0. The van der Waals surface area contributed by atoms with Gasteiger partial charge in [0.25, 0.3) is 0 Å². The van der Waals surface area contributed by atoms with Gasteiger partial charge in [-0.25, -0.2) is 17.8 Å². The summed E-state index contributed by atoms with van der Waals surface area (Å²) in [7, 11) is -2.39. The Bertz CT molecular complexity index is 760. The average Bonchev–Trinajstić information content (AvgIpc) is 2.91. The molecule has 0 aliphatic heterocycles. The van der Waals surface area contributed by atoms with Crippen molar-refractivity contribution in [2.24, 2.45) is 5.73 Å². The van der Waals surface area contributed by atoms with Crippen molar-refractivity contribution < 1.29 is 12.8 Å². The molecule has 1 aromatic carbocycles. The van der Waals surface area contributed by atoms with E-state index < -0.39 is 15.8 Å². The second-order valence-corrected chi connectivity index (χ2v) is 6.79. The standard InChI is InChI=1S/C12H13FN4O2S2/c1-17(7-11-15-4-5-16-11)21(18,19)8-2-3-10(13)9(6-8)12(14)20/h2-6H,7H2,1H3,(H2,14,20)(H,15,16). The molecule has 0 aliphatic carbocycles. The molecule has 21 heavy (non-hydrogen) atoms. The molecule has 0 aliphatic rings. The lowest BCUT2D eigenvalue weighted by atomic mass is 10.2. The molecule has 0 fully saturated rings. The second kappa shape index (κ2) is 5.88. The van der Waals surface area contributed by atoms with Crippen LogP contribution in [0.25, 0.3) is 0 Å². The molecule has 3 N–H and O–H groups in total. The van der Waals surface area contributed by atoms with Crippen LogP contribution in [0.1, 0.15) is 11.4 Å². The average molecular weight is 328 g/mol. The Morgan fingerprint density at radius 3 is 2.81 bits per heavy atom. The van der Waals surface area contributed by atoms with Gasteiger partial charge < -0.3 is 10.7 Å². The predicted octanol–water partition coefficient (Wildman–Crippen LogP) is 1.00. The van der Waals surface area contributed by atoms with Crippen LogP contribution in [0.15, 0.2) is 35.5 Å². The van der Waals surface area contributed by atoms with Gasteiger partial charge in [0, 0.05) is 25.0 Å². The first-order chi connectivity index (χ1) is 9.82. The number of benzene rings is 1. The van der Waals surface area contributed by atoms with Gasteiger partial charge in [0.05, 0.1) is 11.4 Å². The van der Waals surface area contributed by atoms with Crippen LogP contribution in [0.3, 0.4) is 0 Å². The number of aromatic amines is 1. The van der Waals surface area contributed by atoms with E-state index in [2.05, 4.69) is 9.97 Å². The van der Waals surface area contributed by atoms with Crippen molar-refractivity contribution in [2.75, 3.05) is 7.05 Å². The number of sulfonamides is 1. The normalized spacial score (nSPS) is 11.8. The lowest BCUT2D eigenvalue weighted by Crippen LogP contribution is -2.27. The molecule has 0 amide bonds. The van der Waals surface area contributed by atoms with Gasteiger partial charge in [-0.3, -0.25) is 0 Å². The molecular weight excluding hydrogens is 315 g/mol. The van der Waals surface area contributed by atoms with E-state index in [0.717, 1.165) is 16.4 Å². The van der Waals surface area contributed by atoms with Crippen LogP contribution >= 0.6 is 12.2 Å². The molecule has 9 heteroatoms. The highest BCUT2D eigenvalue weighted by Gasteiger charge is 2.23.